The van der Waals surface area contributed by atoms with E-state index in [1.807, 2.05) is 6.07 Å². The van der Waals surface area contributed by atoms with E-state index in [-0.39, 0.29) is 0 Å². The fourth-order valence-electron chi connectivity index (χ4n) is 0.993. The fraction of sp³-hybridized carbons (Fsp3) is 0. The van der Waals surface area contributed by atoms with Crippen LogP contribution in [-0.2, 0) is 0 Å². The molecule has 2 rings (SSSR count). The maximum atomic E-state index is 5.80. The van der Waals surface area contributed by atoms with Crippen LogP contribution in [0, 0.1) is 0 Å². The molecule has 1 aromatic heterocycles. The lowest BCUT2D eigenvalue weighted by Crippen LogP contribution is -1.88. The van der Waals surface area contributed by atoms with Crippen LogP contribution < -0.4 is 4.74 Å². The topological polar surface area (TPSA) is 35.0 Å². The Morgan fingerprint density at radius 3 is 2.79 bits per heavy atom. The van der Waals surface area contributed by atoms with Gasteiger partial charge in [-0.15, -0.1) is 5.10 Å². The molecule has 2 aromatic rings. The third-order valence-corrected chi connectivity index (χ3v) is 1.80. The summed E-state index contributed by atoms with van der Waals surface area (Å²) in [5.41, 5.74) is 0. The Morgan fingerprint density at radius 1 is 1.14 bits per heavy atom. The summed E-state index contributed by atoms with van der Waals surface area (Å²) in [6.07, 6.45) is 1.59. The number of ether oxygens (including phenoxy) is 1. The molecule has 0 unspecified atom stereocenters. The Kier molecular flexibility index (Phi) is 2.60. The van der Waals surface area contributed by atoms with Crippen molar-refractivity contribution >= 4 is 11.6 Å². The summed E-state index contributed by atoms with van der Waals surface area (Å²) in [4.78, 5) is 0. The highest BCUT2D eigenvalue weighted by molar-refractivity contribution is 6.30. The number of rotatable bonds is 2. The normalized spacial score (nSPS) is 9.79. The van der Waals surface area contributed by atoms with Crippen molar-refractivity contribution in [3.63, 3.8) is 0 Å². The zero-order valence-electron chi connectivity index (χ0n) is 7.22. The molecule has 70 valence electrons. The van der Waals surface area contributed by atoms with Crippen molar-refractivity contribution in [2.24, 2.45) is 0 Å². The second-order valence-corrected chi connectivity index (χ2v) is 3.06. The van der Waals surface area contributed by atoms with E-state index in [4.69, 9.17) is 16.3 Å². The standard InChI is InChI=1S/C10H7ClN2O/c11-8-3-1-4-9(7-8)14-10-5-2-6-12-13-10/h1-7H. The highest BCUT2D eigenvalue weighted by atomic mass is 35.5. The van der Waals surface area contributed by atoms with Gasteiger partial charge in [0.15, 0.2) is 0 Å². The Hall–Kier alpha value is -1.61. The van der Waals surface area contributed by atoms with E-state index in [2.05, 4.69) is 10.2 Å². The van der Waals surface area contributed by atoms with Gasteiger partial charge in [-0.3, -0.25) is 0 Å². The first-order valence-electron chi connectivity index (χ1n) is 4.06. The maximum Gasteiger partial charge on any atom is 0.238 e. The number of benzene rings is 1. The van der Waals surface area contributed by atoms with Crippen LogP contribution >= 0.6 is 11.6 Å². The van der Waals surface area contributed by atoms with Crippen LogP contribution in [0.25, 0.3) is 0 Å². The van der Waals surface area contributed by atoms with Crippen molar-refractivity contribution < 1.29 is 4.74 Å². The first kappa shape index (κ1) is 8.97. The number of hydrogen-bond donors (Lipinski definition) is 0. The average molecular weight is 207 g/mol. The van der Waals surface area contributed by atoms with Gasteiger partial charge in [-0.05, 0) is 24.3 Å². The Labute approximate surface area is 86.3 Å². The predicted octanol–water partition coefficient (Wildman–Crippen LogP) is 2.92. The molecule has 4 heteroatoms. The van der Waals surface area contributed by atoms with Gasteiger partial charge >= 0.3 is 0 Å². The van der Waals surface area contributed by atoms with E-state index in [0.29, 0.717) is 16.7 Å². The second-order valence-electron chi connectivity index (χ2n) is 2.62. The van der Waals surface area contributed by atoms with E-state index in [9.17, 15) is 0 Å². The quantitative estimate of drug-likeness (QED) is 0.758. The third-order valence-electron chi connectivity index (χ3n) is 1.57. The number of halogens is 1. The summed E-state index contributed by atoms with van der Waals surface area (Å²) in [5.74, 6) is 1.10. The van der Waals surface area contributed by atoms with E-state index < -0.39 is 0 Å². The Morgan fingerprint density at radius 2 is 2.07 bits per heavy atom. The van der Waals surface area contributed by atoms with Crippen molar-refractivity contribution in [3.8, 4) is 11.6 Å². The predicted molar refractivity (Wildman–Crippen MR) is 53.6 cm³/mol. The molecule has 0 aliphatic carbocycles. The maximum absolute atomic E-state index is 5.80. The molecule has 3 nitrogen and oxygen atoms in total. The summed E-state index contributed by atoms with van der Waals surface area (Å²) in [6.45, 7) is 0. The van der Waals surface area contributed by atoms with E-state index in [0.717, 1.165) is 0 Å². The minimum atomic E-state index is 0.453. The van der Waals surface area contributed by atoms with E-state index in [1.165, 1.54) is 0 Å². The van der Waals surface area contributed by atoms with Crippen LogP contribution in [0.1, 0.15) is 0 Å². The van der Waals surface area contributed by atoms with Crippen LogP contribution in [0.4, 0.5) is 0 Å². The Balaban J connectivity index is 2.19. The molecule has 0 N–H and O–H groups in total. The molecule has 0 aliphatic rings. The Bertz CT molecular complexity index is 419. The summed E-state index contributed by atoms with van der Waals surface area (Å²) >= 11 is 5.80. The summed E-state index contributed by atoms with van der Waals surface area (Å²) in [7, 11) is 0. The lowest BCUT2D eigenvalue weighted by atomic mass is 10.3. The minimum Gasteiger partial charge on any atom is -0.437 e. The molecular formula is C10H7ClN2O. The number of nitrogens with zero attached hydrogens (tertiary/aromatic N) is 2. The smallest absolute Gasteiger partial charge is 0.238 e. The van der Waals surface area contributed by atoms with Crippen molar-refractivity contribution in [2.75, 3.05) is 0 Å². The van der Waals surface area contributed by atoms with Gasteiger partial charge in [-0.2, -0.15) is 5.10 Å². The molecule has 0 amide bonds. The summed E-state index contributed by atoms with van der Waals surface area (Å²) in [6, 6.07) is 10.6. The molecule has 14 heavy (non-hydrogen) atoms. The van der Waals surface area contributed by atoms with Crippen LogP contribution in [-0.4, -0.2) is 10.2 Å². The minimum absolute atomic E-state index is 0.453. The molecular weight excluding hydrogens is 200 g/mol. The highest BCUT2D eigenvalue weighted by Crippen LogP contribution is 2.21. The SMILES string of the molecule is Clc1cccc(Oc2cccnn2)c1. The van der Waals surface area contributed by atoms with Gasteiger partial charge < -0.3 is 4.74 Å². The van der Waals surface area contributed by atoms with Crippen molar-refractivity contribution in [3.05, 3.63) is 47.6 Å². The van der Waals surface area contributed by atoms with Gasteiger partial charge in [0.1, 0.15) is 5.75 Å². The van der Waals surface area contributed by atoms with Gasteiger partial charge in [0, 0.05) is 17.3 Å². The molecule has 0 aliphatic heterocycles. The summed E-state index contributed by atoms with van der Waals surface area (Å²) in [5, 5.41) is 8.11. The zero-order valence-corrected chi connectivity index (χ0v) is 7.98. The van der Waals surface area contributed by atoms with Crippen LogP contribution in [0.5, 0.6) is 11.6 Å². The van der Waals surface area contributed by atoms with Gasteiger partial charge in [-0.1, -0.05) is 17.7 Å². The monoisotopic (exact) mass is 206 g/mol. The molecule has 0 bridgehead atoms. The van der Waals surface area contributed by atoms with E-state index >= 15 is 0 Å². The van der Waals surface area contributed by atoms with Crippen LogP contribution in [0.15, 0.2) is 42.6 Å². The van der Waals surface area contributed by atoms with Gasteiger partial charge in [0.25, 0.3) is 0 Å². The van der Waals surface area contributed by atoms with Crippen molar-refractivity contribution in [1.29, 1.82) is 0 Å². The van der Waals surface area contributed by atoms with Crippen molar-refractivity contribution in [2.45, 2.75) is 0 Å². The summed E-state index contributed by atoms with van der Waals surface area (Å²) < 4.78 is 5.40. The van der Waals surface area contributed by atoms with Gasteiger partial charge in [-0.25, -0.2) is 0 Å². The molecule has 0 fully saturated rings. The highest BCUT2D eigenvalue weighted by Gasteiger charge is 1.97. The number of hydrogen-bond acceptors (Lipinski definition) is 3. The number of aromatic nitrogens is 2. The fourth-order valence-corrected chi connectivity index (χ4v) is 1.17. The van der Waals surface area contributed by atoms with Crippen molar-refractivity contribution in [1.82, 2.24) is 10.2 Å². The lowest BCUT2D eigenvalue weighted by molar-refractivity contribution is 0.455. The van der Waals surface area contributed by atoms with Crippen LogP contribution in [0.3, 0.4) is 0 Å². The van der Waals surface area contributed by atoms with E-state index in [1.54, 1.807) is 36.5 Å². The van der Waals surface area contributed by atoms with Gasteiger partial charge in [0.05, 0.1) is 0 Å². The molecule has 0 radical (unpaired) electrons. The first-order chi connectivity index (χ1) is 6.84. The molecule has 1 heterocycles. The molecule has 0 saturated carbocycles. The first-order valence-corrected chi connectivity index (χ1v) is 4.43. The molecule has 0 spiro atoms. The zero-order chi connectivity index (χ0) is 9.80. The lowest BCUT2D eigenvalue weighted by Gasteiger charge is -2.02. The molecule has 0 atom stereocenters. The molecule has 0 saturated heterocycles. The van der Waals surface area contributed by atoms with Gasteiger partial charge in [0.2, 0.25) is 5.88 Å². The largest absolute Gasteiger partial charge is 0.437 e. The molecule has 1 aromatic carbocycles. The average Bonchev–Trinajstić information content (AvgIpc) is 2.19. The third kappa shape index (κ3) is 2.20. The second kappa shape index (κ2) is 4.07. The van der Waals surface area contributed by atoms with Crippen LogP contribution in [0.2, 0.25) is 5.02 Å².